The second-order valence-electron chi connectivity index (χ2n) is 17.1. The summed E-state index contributed by atoms with van der Waals surface area (Å²) in [6, 6.07) is 96.4. The Hall–Kier alpha value is -7.06. The number of allylic oxidation sites excluding steroid dienone is 1. The molecule has 9 rings (SSSR count). The van der Waals surface area contributed by atoms with E-state index in [1.54, 1.807) is 6.08 Å². The van der Waals surface area contributed by atoms with Crippen LogP contribution in [0.25, 0.3) is 0 Å². The predicted octanol–water partition coefficient (Wildman–Crippen LogP) is 7.49. The third kappa shape index (κ3) is 10.0. The maximum atomic E-state index is 13.1. The molecular formula is C61H56O5Si4. The number of hydrogen-bond acceptors (Lipinski definition) is 5. The van der Waals surface area contributed by atoms with E-state index < -0.39 is 39.7 Å². The fourth-order valence-corrected chi connectivity index (χ4v) is 31.9. The van der Waals surface area contributed by atoms with Crippen molar-refractivity contribution >= 4 is 86.4 Å². The molecule has 0 atom stereocenters. The van der Waals surface area contributed by atoms with Crippen LogP contribution < -0.4 is 46.7 Å². The van der Waals surface area contributed by atoms with Crippen molar-refractivity contribution in [3.63, 3.8) is 0 Å². The van der Waals surface area contributed by atoms with Crippen LogP contribution in [0.5, 0.6) is 0 Å². The average molecular weight is 981 g/mol. The van der Waals surface area contributed by atoms with E-state index in [1.165, 1.54) is 6.08 Å². The highest BCUT2D eigenvalue weighted by Gasteiger charge is 2.62. The molecule has 9 aromatic rings. The Morgan fingerprint density at radius 1 is 0.343 bits per heavy atom. The van der Waals surface area contributed by atoms with E-state index in [0.717, 1.165) is 46.7 Å². The molecule has 0 N–H and O–H groups in total. The van der Waals surface area contributed by atoms with Gasteiger partial charge in [0.1, 0.15) is 0 Å². The van der Waals surface area contributed by atoms with Gasteiger partial charge in [0.15, 0.2) is 0 Å². The van der Waals surface area contributed by atoms with Gasteiger partial charge in [-0.2, -0.15) is 0 Å². The highest BCUT2D eigenvalue weighted by Crippen LogP contribution is 2.32. The standard InChI is InChI=1S/C61H56O5Si4/c1-2-31-61(62)63-50-30-51-67(64-68(52-32-12-3-13-33-52,53-34-14-4-15-35-53)54-36-16-5-17-37-54,65-69(55-38-18-6-19-39-55,56-40-20-7-21-41-56)57-42-22-8-23-43-57)66-70(58-44-24-9-25-45-58,59-46-26-10-27-47-59)60-48-28-11-29-49-60/h2-29,31-49H,30,50-51H2,1H3. The Balaban J connectivity index is 1.45. The molecule has 0 heterocycles. The first kappa shape index (κ1) is 48.0. The van der Waals surface area contributed by atoms with Crippen molar-refractivity contribution in [1.29, 1.82) is 0 Å². The van der Waals surface area contributed by atoms with E-state index in [1.807, 2.05) is 6.92 Å². The summed E-state index contributed by atoms with van der Waals surface area (Å²) in [6.45, 7) is 1.94. The lowest BCUT2D eigenvalue weighted by molar-refractivity contribution is -0.137. The smallest absolute Gasteiger partial charge is 0.463 e. The highest BCUT2D eigenvalue weighted by atomic mass is 28.5. The Morgan fingerprint density at radius 3 is 0.729 bits per heavy atom. The number of benzene rings is 9. The molecule has 346 valence electrons. The minimum absolute atomic E-state index is 0.123. The molecule has 0 bridgehead atoms. The van der Waals surface area contributed by atoms with Crippen LogP contribution in [0, 0.1) is 0 Å². The van der Waals surface area contributed by atoms with Gasteiger partial charge in [-0.1, -0.05) is 279 Å². The number of rotatable bonds is 20. The fraction of sp³-hybridized carbons (Fsp3) is 0.0656. The van der Waals surface area contributed by atoms with E-state index in [-0.39, 0.29) is 6.61 Å². The van der Waals surface area contributed by atoms with Crippen molar-refractivity contribution in [3.8, 4) is 0 Å². The molecule has 0 fully saturated rings. The minimum atomic E-state index is -4.46. The zero-order chi connectivity index (χ0) is 48.0. The molecule has 5 nitrogen and oxygen atoms in total. The van der Waals surface area contributed by atoms with Gasteiger partial charge in [-0.15, -0.1) is 0 Å². The highest BCUT2D eigenvalue weighted by molar-refractivity contribution is 7.16. The summed E-state index contributed by atoms with van der Waals surface area (Å²) in [4.78, 5) is 13.1. The average Bonchev–Trinajstić information content (AvgIpc) is 3.44. The Morgan fingerprint density at radius 2 is 0.543 bits per heavy atom. The van der Waals surface area contributed by atoms with Crippen LogP contribution in [0.15, 0.2) is 285 Å². The second kappa shape index (κ2) is 22.6. The first-order chi connectivity index (χ1) is 34.5. The summed E-state index contributed by atoms with van der Waals surface area (Å²) in [5, 5.41) is 9.45. The largest absolute Gasteiger partial charge is 0.471 e. The number of carbonyl (C=O) groups is 1. The topological polar surface area (TPSA) is 54.0 Å². The molecule has 0 saturated carbocycles. The molecule has 0 aromatic heterocycles. The van der Waals surface area contributed by atoms with Crippen LogP contribution in [0.4, 0.5) is 0 Å². The summed E-state index contributed by atoms with van der Waals surface area (Å²) in [6.07, 6.45) is 3.56. The lowest BCUT2D eigenvalue weighted by Gasteiger charge is -2.49. The summed E-state index contributed by atoms with van der Waals surface area (Å²) in [5.41, 5.74) is 0. The van der Waals surface area contributed by atoms with Gasteiger partial charge in [0, 0.05) is 12.1 Å². The molecule has 0 radical (unpaired) electrons. The van der Waals surface area contributed by atoms with E-state index in [9.17, 15) is 4.79 Å². The summed E-state index contributed by atoms with van der Waals surface area (Å²) in [5.74, 6) is -0.401. The third-order valence-electron chi connectivity index (χ3n) is 12.7. The van der Waals surface area contributed by atoms with Gasteiger partial charge in [-0.25, -0.2) is 4.79 Å². The molecule has 0 spiro atoms. The Labute approximate surface area is 417 Å². The van der Waals surface area contributed by atoms with Crippen LogP contribution in [0.1, 0.15) is 13.3 Å². The van der Waals surface area contributed by atoms with Crippen molar-refractivity contribution in [3.05, 3.63) is 285 Å². The minimum Gasteiger partial charge on any atom is -0.463 e. The van der Waals surface area contributed by atoms with Crippen LogP contribution in [-0.2, 0) is 21.9 Å². The summed E-state index contributed by atoms with van der Waals surface area (Å²) >= 11 is 0. The van der Waals surface area contributed by atoms with E-state index >= 15 is 0 Å². The molecule has 0 aliphatic heterocycles. The molecule has 0 saturated heterocycles. The van der Waals surface area contributed by atoms with Crippen LogP contribution >= 0.6 is 0 Å². The SMILES string of the molecule is CC=CC(=O)OCCC[Si](O[Si](c1ccccc1)(c1ccccc1)c1ccccc1)(O[Si](c1ccccc1)(c1ccccc1)c1ccccc1)O[Si](c1ccccc1)(c1ccccc1)c1ccccc1. The van der Waals surface area contributed by atoms with Gasteiger partial charge in [-0.3, -0.25) is 0 Å². The van der Waals surface area contributed by atoms with Crippen LogP contribution in [0.2, 0.25) is 6.04 Å². The quantitative estimate of drug-likeness (QED) is 0.0261. The van der Waals surface area contributed by atoms with Crippen molar-refractivity contribution in [2.24, 2.45) is 0 Å². The normalized spacial score (nSPS) is 12.1. The first-order valence-electron chi connectivity index (χ1n) is 23.9. The van der Waals surface area contributed by atoms with Gasteiger partial charge in [0.2, 0.25) is 0 Å². The monoisotopic (exact) mass is 980 g/mol. The van der Waals surface area contributed by atoms with Crippen molar-refractivity contribution in [2.45, 2.75) is 19.4 Å². The van der Waals surface area contributed by atoms with Gasteiger partial charge < -0.3 is 17.1 Å². The third-order valence-corrected chi connectivity index (χ3v) is 31.4. The van der Waals surface area contributed by atoms with Gasteiger partial charge in [0.25, 0.3) is 25.0 Å². The zero-order valence-corrected chi connectivity index (χ0v) is 43.3. The van der Waals surface area contributed by atoms with Gasteiger partial charge in [-0.05, 0) is 60.0 Å². The number of ether oxygens (including phenoxy) is 1. The molecule has 9 aromatic carbocycles. The zero-order valence-electron chi connectivity index (χ0n) is 39.3. The molecule has 70 heavy (non-hydrogen) atoms. The predicted molar refractivity (Wildman–Crippen MR) is 296 cm³/mol. The lowest BCUT2D eigenvalue weighted by atomic mass is 10.3. The number of esters is 1. The molecular weight excluding hydrogens is 925 g/mol. The van der Waals surface area contributed by atoms with Crippen molar-refractivity contribution < 1.29 is 21.9 Å². The van der Waals surface area contributed by atoms with Gasteiger partial charge >= 0.3 is 14.8 Å². The maximum Gasteiger partial charge on any atom is 0.471 e. The first-order valence-corrected chi connectivity index (χ1v) is 31.6. The van der Waals surface area contributed by atoms with E-state index in [0.29, 0.717) is 12.5 Å². The molecule has 9 heteroatoms. The number of hydrogen-bond donors (Lipinski definition) is 0. The molecule has 0 unspecified atom stereocenters. The van der Waals surface area contributed by atoms with Crippen LogP contribution in [0.3, 0.4) is 0 Å². The number of carbonyl (C=O) groups excluding carboxylic acids is 1. The maximum absolute atomic E-state index is 13.1. The van der Waals surface area contributed by atoms with Gasteiger partial charge in [0.05, 0.1) is 6.61 Å². The molecule has 0 amide bonds. The molecule has 0 aliphatic rings. The fourth-order valence-electron chi connectivity index (χ4n) is 9.65. The van der Waals surface area contributed by atoms with E-state index in [2.05, 4.69) is 273 Å². The Kier molecular flexibility index (Phi) is 15.5. The van der Waals surface area contributed by atoms with Crippen molar-refractivity contribution in [2.75, 3.05) is 6.61 Å². The second-order valence-corrected chi connectivity index (χ2v) is 30.7. The summed E-state index contributed by atoms with van der Waals surface area (Å²) in [7, 11) is -15.6. The Bertz CT molecular complexity index is 2430. The van der Waals surface area contributed by atoms with E-state index in [4.69, 9.17) is 17.1 Å². The van der Waals surface area contributed by atoms with Crippen molar-refractivity contribution in [1.82, 2.24) is 0 Å². The van der Waals surface area contributed by atoms with Crippen LogP contribution in [-0.4, -0.2) is 46.3 Å². The summed E-state index contributed by atoms with van der Waals surface area (Å²) < 4.78 is 32.5. The molecule has 0 aliphatic carbocycles. The lowest BCUT2D eigenvalue weighted by Crippen LogP contribution is -2.82.